The SMILES string of the molecule is CN(C)CC1CC(O)CN1S(=O)(=O)CCCl. The van der Waals surface area contributed by atoms with E-state index < -0.39 is 16.1 Å². The van der Waals surface area contributed by atoms with Crippen LogP contribution in [0.25, 0.3) is 0 Å². The third-order valence-corrected chi connectivity index (χ3v) is 4.91. The lowest BCUT2D eigenvalue weighted by atomic mass is 10.2. The summed E-state index contributed by atoms with van der Waals surface area (Å²) in [6.07, 6.45) is -0.0604. The maximum absolute atomic E-state index is 11.9. The standard InChI is InChI=1S/C9H19ClN2O3S/c1-11(2)6-8-5-9(13)7-12(8)16(14,15)4-3-10/h8-9,13H,3-7H2,1-2H3. The Morgan fingerprint density at radius 3 is 2.62 bits per heavy atom. The van der Waals surface area contributed by atoms with Gasteiger partial charge in [0.1, 0.15) is 0 Å². The third kappa shape index (κ3) is 3.56. The molecular formula is C9H19ClN2O3S. The molecule has 1 aliphatic heterocycles. The molecule has 0 aromatic rings. The zero-order chi connectivity index (χ0) is 12.3. The van der Waals surface area contributed by atoms with Crippen molar-refractivity contribution >= 4 is 21.6 Å². The number of nitrogens with zero attached hydrogens (tertiary/aromatic N) is 2. The Hall–Kier alpha value is 0.120. The topological polar surface area (TPSA) is 60.9 Å². The molecule has 0 aromatic carbocycles. The van der Waals surface area contributed by atoms with Gasteiger partial charge in [-0.3, -0.25) is 0 Å². The molecule has 1 fully saturated rings. The number of likely N-dealkylation sites (N-methyl/N-ethyl adjacent to an activating group) is 1. The van der Waals surface area contributed by atoms with Crippen LogP contribution in [0.4, 0.5) is 0 Å². The zero-order valence-corrected chi connectivity index (χ0v) is 11.2. The Bertz CT molecular complexity index is 321. The van der Waals surface area contributed by atoms with Gasteiger partial charge < -0.3 is 10.0 Å². The van der Waals surface area contributed by atoms with E-state index in [1.807, 2.05) is 19.0 Å². The number of hydrogen-bond acceptors (Lipinski definition) is 4. The van der Waals surface area contributed by atoms with Gasteiger partial charge >= 0.3 is 0 Å². The molecule has 96 valence electrons. The predicted molar refractivity (Wildman–Crippen MR) is 64.2 cm³/mol. The largest absolute Gasteiger partial charge is 0.392 e. The third-order valence-electron chi connectivity index (χ3n) is 2.61. The predicted octanol–water partition coefficient (Wildman–Crippen LogP) is -0.448. The first-order chi connectivity index (χ1) is 7.36. The molecule has 2 unspecified atom stereocenters. The van der Waals surface area contributed by atoms with Gasteiger partial charge in [-0.1, -0.05) is 0 Å². The summed E-state index contributed by atoms with van der Waals surface area (Å²) in [7, 11) is 0.449. The Kier molecular flexibility index (Phi) is 5.00. The summed E-state index contributed by atoms with van der Waals surface area (Å²) >= 11 is 5.48. The number of β-amino-alcohol motifs (C(OH)–C–C–N with tert-alkyl or cyclic N) is 1. The summed E-state index contributed by atoms with van der Waals surface area (Å²) in [4.78, 5) is 1.92. The van der Waals surface area contributed by atoms with Crippen LogP contribution in [0, 0.1) is 0 Å². The van der Waals surface area contributed by atoms with Crippen LogP contribution in [0.1, 0.15) is 6.42 Å². The molecule has 1 N–H and O–H groups in total. The molecule has 0 amide bonds. The molecule has 1 aliphatic rings. The van der Waals surface area contributed by atoms with E-state index in [0.29, 0.717) is 13.0 Å². The summed E-state index contributed by atoms with van der Waals surface area (Å²) in [5, 5.41) is 9.56. The molecule has 0 radical (unpaired) electrons. The average Bonchev–Trinajstić information content (AvgIpc) is 2.46. The second-order valence-corrected chi connectivity index (χ2v) is 6.80. The van der Waals surface area contributed by atoms with E-state index >= 15 is 0 Å². The van der Waals surface area contributed by atoms with Crippen LogP contribution in [-0.2, 0) is 10.0 Å². The molecule has 5 nitrogen and oxygen atoms in total. The van der Waals surface area contributed by atoms with Crippen molar-refractivity contribution in [2.75, 3.05) is 38.8 Å². The number of aliphatic hydroxyl groups is 1. The summed E-state index contributed by atoms with van der Waals surface area (Å²) in [5.74, 6) is 0.0226. The molecule has 1 rings (SSSR count). The smallest absolute Gasteiger partial charge is 0.215 e. The van der Waals surface area contributed by atoms with Crippen LogP contribution >= 0.6 is 11.6 Å². The number of rotatable bonds is 5. The van der Waals surface area contributed by atoms with Gasteiger partial charge in [-0.2, -0.15) is 4.31 Å². The van der Waals surface area contributed by atoms with Gasteiger partial charge in [-0.05, 0) is 20.5 Å². The summed E-state index contributed by atoms with van der Waals surface area (Å²) < 4.78 is 25.2. The quantitative estimate of drug-likeness (QED) is 0.688. The van der Waals surface area contributed by atoms with Crippen molar-refractivity contribution in [3.05, 3.63) is 0 Å². The van der Waals surface area contributed by atoms with Crippen molar-refractivity contribution < 1.29 is 13.5 Å². The number of halogens is 1. The van der Waals surface area contributed by atoms with Crippen molar-refractivity contribution in [2.45, 2.75) is 18.6 Å². The molecule has 0 saturated carbocycles. The van der Waals surface area contributed by atoms with Crippen molar-refractivity contribution in [3.63, 3.8) is 0 Å². The lowest BCUT2D eigenvalue weighted by Gasteiger charge is -2.25. The first kappa shape index (κ1) is 14.2. The van der Waals surface area contributed by atoms with Gasteiger partial charge in [-0.25, -0.2) is 8.42 Å². The van der Waals surface area contributed by atoms with Crippen molar-refractivity contribution in [3.8, 4) is 0 Å². The Morgan fingerprint density at radius 2 is 2.12 bits per heavy atom. The van der Waals surface area contributed by atoms with Crippen LogP contribution in [-0.4, -0.2) is 73.7 Å². The van der Waals surface area contributed by atoms with Crippen molar-refractivity contribution in [2.24, 2.45) is 0 Å². The van der Waals surface area contributed by atoms with E-state index in [1.165, 1.54) is 4.31 Å². The first-order valence-corrected chi connectivity index (χ1v) is 7.39. The highest BCUT2D eigenvalue weighted by Crippen LogP contribution is 2.22. The maximum atomic E-state index is 11.9. The summed E-state index contributed by atoms with van der Waals surface area (Å²) in [6.45, 7) is 0.816. The van der Waals surface area contributed by atoms with Crippen molar-refractivity contribution in [1.82, 2.24) is 9.21 Å². The van der Waals surface area contributed by atoms with Crippen LogP contribution in [0.2, 0.25) is 0 Å². The minimum Gasteiger partial charge on any atom is -0.392 e. The zero-order valence-electron chi connectivity index (χ0n) is 9.63. The second-order valence-electron chi connectivity index (χ2n) is 4.38. The van der Waals surface area contributed by atoms with Gasteiger partial charge in [0.2, 0.25) is 10.0 Å². The molecule has 1 saturated heterocycles. The summed E-state index contributed by atoms with van der Waals surface area (Å²) in [5.41, 5.74) is 0. The molecule has 0 spiro atoms. The van der Waals surface area contributed by atoms with Gasteiger partial charge in [0, 0.05) is 25.0 Å². The van der Waals surface area contributed by atoms with E-state index in [1.54, 1.807) is 0 Å². The normalized spacial score (nSPS) is 27.8. The molecule has 2 atom stereocenters. The number of sulfonamides is 1. The van der Waals surface area contributed by atoms with E-state index in [0.717, 1.165) is 0 Å². The fraction of sp³-hybridized carbons (Fsp3) is 1.00. The van der Waals surface area contributed by atoms with Gasteiger partial charge in [0.05, 0.1) is 11.9 Å². The van der Waals surface area contributed by atoms with Crippen LogP contribution < -0.4 is 0 Å². The minimum atomic E-state index is -3.32. The lowest BCUT2D eigenvalue weighted by Crippen LogP contribution is -2.42. The molecule has 0 aliphatic carbocycles. The highest BCUT2D eigenvalue weighted by atomic mass is 35.5. The van der Waals surface area contributed by atoms with Gasteiger partial charge in [0.15, 0.2) is 0 Å². The Labute approximate surface area is 102 Å². The molecule has 0 aromatic heterocycles. The maximum Gasteiger partial charge on any atom is 0.215 e. The van der Waals surface area contributed by atoms with Crippen molar-refractivity contribution in [1.29, 1.82) is 0 Å². The van der Waals surface area contributed by atoms with Crippen LogP contribution in [0.5, 0.6) is 0 Å². The fourth-order valence-corrected chi connectivity index (χ4v) is 4.03. The first-order valence-electron chi connectivity index (χ1n) is 5.25. The fourth-order valence-electron chi connectivity index (χ4n) is 2.01. The molecule has 7 heteroatoms. The molecule has 0 bridgehead atoms. The average molecular weight is 271 g/mol. The second kappa shape index (κ2) is 5.64. The minimum absolute atomic E-state index is 0.0643. The van der Waals surface area contributed by atoms with E-state index in [4.69, 9.17) is 11.6 Å². The number of alkyl halides is 1. The Morgan fingerprint density at radius 1 is 1.50 bits per heavy atom. The van der Waals surface area contributed by atoms with Crippen LogP contribution in [0.15, 0.2) is 0 Å². The van der Waals surface area contributed by atoms with E-state index in [2.05, 4.69) is 0 Å². The van der Waals surface area contributed by atoms with Gasteiger partial charge in [-0.15, -0.1) is 11.6 Å². The van der Waals surface area contributed by atoms with Crippen LogP contribution in [0.3, 0.4) is 0 Å². The highest BCUT2D eigenvalue weighted by molar-refractivity contribution is 7.89. The number of aliphatic hydroxyl groups excluding tert-OH is 1. The lowest BCUT2D eigenvalue weighted by molar-refractivity contribution is 0.188. The van der Waals surface area contributed by atoms with E-state index in [-0.39, 0.29) is 24.2 Å². The molecule has 1 heterocycles. The molecule has 16 heavy (non-hydrogen) atoms. The monoisotopic (exact) mass is 270 g/mol. The Balaban J connectivity index is 2.76. The number of hydrogen-bond donors (Lipinski definition) is 1. The molecular weight excluding hydrogens is 252 g/mol. The van der Waals surface area contributed by atoms with Gasteiger partial charge in [0.25, 0.3) is 0 Å². The summed E-state index contributed by atoms with van der Waals surface area (Å²) in [6, 6.07) is -0.141. The highest BCUT2D eigenvalue weighted by Gasteiger charge is 2.38. The van der Waals surface area contributed by atoms with E-state index in [9.17, 15) is 13.5 Å².